The van der Waals surface area contributed by atoms with Crippen molar-refractivity contribution in [3.05, 3.63) is 47.8 Å². The van der Waals surface area contributed by atoms with Gasteiger partial charge in [-0.05, 0) is 44.5 Å². The first-order valence-electron chi connectivity index (χ1n) is 6.00. The normalized spacial score (nSPS) is 10.8. The number of benzene rings is 1. The van der Waals surface area contributed by atoms with Gasteiger partial charge in [0.2, 0.25) is 0 Å². The van der Waals surface area contributed by atoms with Gasteiger partial charge in [-0.3, -0.25) is 4.68 Å². The molecule has 0 radical (unpaired) electrons. The maximum Gasteiger partial charge on any atom is 0.0815 e. The molecule has 1 heterocycles. The van der Waals surface area contributed by atoms with Gasteiger partial charge in [0, 0.05) is 17.9 Å². The van der Waals surface area contributed by atoms with Crippen LogP contribution in [0.3, 0.4) is 0 Å². The molecule has 0 saturated heterocycles. The topological polar surface area (TPSA) is 29.9 Å². The van der Waals surface area contributed by atoms with Crippen molar-refractivity contribution >= 4 is 5.69 Å². The van der Waals surface area contributed by atoms with E-state index in [1.807, 2.05) is 10.9 Å². The number of rotatable bonds is 4. The van der Waals surface area contributed by atoms with Crippen LogP contribution in [0.15, 0.2) is 36.5 Å². The molecule has 1 aromatic carbocycles. The zero-order valence-corrected chi connectivity index (χ0v) is 10.6. The van der Waals surface area contributed by atoms with Crippen LogP contribution >= 0.6 is 0 Å². The van der Waals surface area contributed by atoms with Crippen molar-refractivity contribution in [1.82, 2.24) is 9.78 Å². The van der Waals surface area contributed by atoms with Crippen molar-refractivity contribution in [3.63, 3.8) is 0 Å². The van der Waals surface area contributed by atoms with E-state index in [9.17, 15) is 0 Å². The van der Waals surface area contributed by atoms with E-state index >= 15 is 0 Å². The fraction of sp³-hybridized carbons (Fsp3) is 0.357. The quantitative estimate of drug-likeness (QED) is 0.871. The summed E-state index contributed by atoms with van der Waals surface area (Å²) in [4.78, 5) is 0. The Morgan fingerprint density at radius 3 is 2.76 bits per heavy atom. The number of nitrogens with zero attached hydrogens (tertiary/aromatic N) is 2. The summed E-state index contributed by atoms with van der Waals surface area (Å²) in [7, 11) is 0. The van der Waals surface area contributed by atoms with Gasteiger partial charge in [0.25, 0.3) is 0 Å². The third-order valence-corrected chi connectivity index (χ3v) is 2.68. The molecule has 0 fully saturated rings. The second kappa shape index (κ2) is 5.04. The van der Waals surface area contributed by atoms with E-state index in [2.05, 4.69) is 61.5 Å². The average Bonchev–Trinajstić information content (AvgIpc) is 2.75. The van der Waals surface area contributed by atoms with E-state index in [-0.39, 0.29) is 0 Å². The smallest absolute Gasteiger partial charge is 0.0815 e. The SMILES string of the molecule is Cc1cccc(NCc2ccn(C(C)C)n2)c1. The highest BCUT2D eigenvalue weighted by Crippen LogP contribution is 2.11. The van der Waals surface area contributed by atoms with Crippen LogP contribution in [0.4, 0.5) is 5.69 Å². The minimum atomic E-state index is 0.419. The lowest BCUT2D eigenvalue weighted by Gasteiger charge is -2.06. The average molecular weight is 229 g/mol. The number of hydrogen-bond donors (Lipinski definition) is 1. The molecule has 3 nitrogen and oxygen atoms in total. The Hall–Kier alpha value is -1.77. The van der Waals surface area contributed by atoms with Crippen molar-refractivity contribution in [2.75, 3.05) is 5.32 Å². The summed E-state index contributed by atoms with van der Waals surface area (Å²) >= 11 is 0. The Labute approximate surface area is 102 Å². The van der Waals surface area contributed by atoms with E-state index in [0.29, 0.717) is 6.04 Å². The van der Waals surface area contributed by atoms with Gasteiger partial charge in [0.05, 0.1) is 12.2 Å². The second-order valence-electron chi connectivity index (χ2n) is 4.60. The Morgan fingerprint density at radius 1 is 1.29 bits per heavy atom. The third-order valence-electron chi connectivity index (χ3n) is 2.68. The van der Waals surface area contributed by atoms with E-state index in [1.165, 1.54) is 5.56 Å². The van der Waals surface area contributed by atoms with Crippen molar-refractivity contribution in [2.24, 2.45) is 0 Å². The minimum Gasteiger partial charge on any atom is -0.379 e. The highest BCUT2D eigenvalue weighted by molar-refractivity contribution is 5.45. The first-order chi connectivity index (χ1) is 8.15. The van der Waals surface area contributed by atoms with Crippen LogP contribution in [0.5, 0.6) is 0 Å². The molecule has 0 aliphatic heterocycles. The summed E-state index contributed by atoms with van der Waals surface area (Å²) in [5.41, 5.74) is 3.48. The fourth-order valence-corrected chi connectivity index (χ4v) is 1.71. The van der Waals surface area contributed by atoms with Crippen molar-refractivity contribution in [1.29, 1.82) is 0 Å². The van der Waals surface area contributed by atoms with Crippen LogP contribution in [-0.2, 0) is 6.54 Å². The van der Waals surface area contributed by atoms with Gasteiger partial charge in [0.15, 0.2) is 0 Å². The molecule has 0 atom stereocenters. The zero-order chi connectivity index (χ0) is 12.3. The third kappa shape index (κ3) is 3.09. The fourth-order valence-electron chi connectivity index (χ4n) is 1.71. The van der Waals surface area contributed by atoms with E-state index < -0.39 is 0 Å². The molecule has 0 aliphatic carbocycles. The summed E-state index contributed by atoms with van der Waals surface area (Å²) < 4.78 is 1.98. The predicted molar refractivity (Wildman–Crippen MR) is 71.1 cm³/mol. The number of aromatic nitrogens is 2. The number of nitrogens with one attached hydrogen (secondary N) is 1. The van der Waals surface area contributed by atoms with E-state index in [1.54, 1.807) is 0 Å². The number of anilines is 1. The van der Waals surface area contributed by atoms with E-state index in [0.717, 1.165) is 17.9 Å². The maximum absolute atomic E-state index is 4.50. The summed E-state index contributed by atoms with van der Waals surface area (Å²) in [5, 5.41) is 7.88. The molecule has 1 aromatic heterocycles. The number of aryl methyl sites for hydroxylation is 1. The van der Waals surface area contributed by atoms with Crippen LogP contribution in [0.2, 0.25) is 0 Å². The Bertz CT molecular complexity index is 486. The van der Waals surface area contributed by atoms with Crippen LogP contribution in [0, 0.1) is 6.92 Å². The summed E-state index contributed by atoms with van der Waals surface area (Å²) in [5.74, 6) is 0. The monoisotopic (exact) mass is 229 g/mol. The largest absolute Gasteiger partial charge is 0.379 e. The molecule has 2 rings (SSSR count). The molecular weight excluding hydrogens is 210 g/mol. The van der Waals surface area contributed by atoms with Gasteiger partial charge in [-0.2, -0.15) is 5.10 Å². The predicted octanol–water partition coefficient (Wildman–Crippen LogP) is 3.38. The van der Waals surface area contributed by atoms with Gasteiger partial charge >= 0.3 is 0 Å². The highest BCUT2D eigenvalue weighted by atomic mass is 15.3. The van der Waals surface area contributed by atoms with Gasteiger partial charge < -0.3 is 5.32 Å². The van der Waals surface area contributed by atoms with Gasteiger partial charge in [-0.15, -0.1) is 0 Å². The molecule has 3 heteroatoms. The minimum absolute atomic E-state index is 0.419. The first-order valence-corrected chi connectivity index (χ1v) is 6.00. The van der Waals surface area contributed by atoms with Crippen LogP contribution in [0.25, 0.3) is 0 Å². The molecule has 0 spiro atoms. The standard InChI is InChI=1S/C14H19N3/c1-11(2)17-8-7-14(16-17)10-15-13-6-4-5-12(3)9-13/h4-9,11,15H,10H2,1-3H3. The molecule has 2 aromatic rings. The van der Waals surface area contributed by atoms with Gasteiger partial charge in [-0.25, -0.2) is 0 Å². The molecular formula is C14H19N3. The van der Waals surface area contributed by atoms with Crippen molar-refractivity contribution in [2.45, 2.75) is 33.4 Å². The lowest BCUT2D eigenvalue weighted by Crippen LogP contribution is -2.04. The molecule has 0 unspecified atom stereocenters. The Morgan fingerprint density at radius 2 is 2.12 bits per heavy atom. The van der Waals surface area contributed by atoms with Gasteiger partial charge in [-0.1, -0.05) is 12.1 Å². The summed E-state index contributed by atoms with van der Waals surface area (Å²) in [6.07, 6.45) is 2.03. The molecule has 0 saturated carbocycles. The lowest BCUT2D eigenvalue weighted by atomic mass is 10.2. The highest BCUT2D eigenvalue weighted by Gasteiger charge is 2.01. The molecule has 0 aliphatic rings. The lowest BCUT2D eigenvalue weighted by molar-refractivity contribution is 0.527. The van der Waals surface area contributed by atoms with Crippen molar-refractivity contribution < 1.29 is 0 Å². The van der Waals surface area contributed by atoms with Crippen molar-refractivity contribution in [3.8, 4) is 0 Å². The van der Waals surface area contributed by atoms with Crippen LogP contribution in [-0.4, -0.2) is 9.78 Å². The first kappa shape index (κ1) is 11.7. The summed E-state index contributed by atoms with van der Waals surface area (Å²) in [6.45, 7) is 7.12. The molecule has 90 valence electrons. The molecule has 17 heavy (non-hydrogen) atoms. The Kier molecular flexibility index (Phi) is 3.47. The van der Waals surface area contributed by atoms with Gasteiger partial charge in [0.1, 0.15) is 0 Å². The molecule has 0 amide bonds. The second-order valence-corrected chi connectivity index (χ2v) is 4.60. The zero-order valence-electron chi connectivity index (χ0n) is 10.6. The summed E-state index contributed by atoms with van der Waals surface area (Å²) in [6, 6.07) is 10.8. The van der Waals surface area contributed by atoms with Crippen LogP contribution in [0.1, 0.15) is 31.1 Å². The Balaban J connectivity index is 1.97. The molecule has 0 bridgehead atoms. The van der Waals surface area contributed by atoms with Crippen LogP contribution < -0.4 is 5.32 Å². The maximum atomic E-state index is 4.50. The molecule has 1 N–H and O–H groups in total. The number of hydrogen-bond acceptors (Lipinski definition) is 2. The van der Waals surface area contributed by atoms with E-state index in [4.69, 9.17) is 0 Å².